The Morgan fingerprint density at radius 2 is 1.17 bits per heavy atom. The van der Waals surface area contributed by atoms with Crippen LogP contribution >= 0.6 is 0 Å². The van der Waals surface area contributed by atoms with Crippen molar-refractivity contribution in [2.45, 2.75) is 12.8 Å². The molecule has 23 heavy (non-hydrogen) atoms. The van der Waals surface area contributed by atoms with Gasteiger partial charge in [0, 0.05) is 0 Å². The molecule has 2 aromatic carbocycles. The van der Waals surface area contributed by atoms with Crippen LogP contribution in [0, 0.1) is 0 Å². The Kier molecular flexibility index (Phi) is 4.99. The Morgan fingerprint density at radius 3 is 1.57 bits per heavy atom. The zero-order valence-corrected chi connectivity index (χ0v) is 13.7. The highest BCUT2D eigenvalue weighted by Crippen LogP contribution is 2.33. The third-order valence-corrected chi connectivity index (χ3v) is 4.21. The van der Waals surface area contributed by atoms with Crippen molar-refractivity contribution in [3.05, 3.63) is 65.2 Å². The Morgan fingerprint density at radius 1 is 0.739 bits per heavy atom. The SMILES string of the molecule is COc1ccc(C(=C2CCOCC2)c2ccc(OC)cc2)cc1. The molecule has 3 heteroatoms. The molecule has 1 saturated heterocycles. The van der Waals surface area contributed by atoms with Gasteiger partial charge in [0.1, 0.15) is 11.5 Å². The summed E-state index contributed by atoms with van der Waals surface area (Å²) in [5.74, 6) is 1.75. The van der Waals surface area contributed by atoms with Crippen LogP contribution in [0.3, 0.4) is 0 Å². The van der Waals surface area contributed by atoms with E-state index in [0.717, 1.165) is 37.6 Å². The van der Waals surface area contributed by atoms with E-state index >= 15 is 0 Å². The van der Waals surface area contributed by atoms with Crippen molar-refractivity contribution in [2.75, 3.05) is 27.4 Å². The van der Waals surface area contributed by atoms with Gasteiger partial charge in [-0.15, -0.1) is 0 Å². The highest BCUT2D eigenvalue weighted by molar-refractivity contribution is 5.82. The summed E-state index contributed by atoms with van der Waals surface area (Å²) in [4.78, 5) is 0. The number of methoxy groups -OCH3 is 2. The normalized spacial score (nSPS) is 14.4. The van der Waals surface area contributed by atoms with Crippen LogP contribution in [0.5, 0.6) is 11.5 Å². The highest BCUT2D eigenvalue weighted by Gasteiger charge is 2.15. The van der Waals surface area contributed by atoms with E-state index in [1.165, 1.54) is 22.3 Å². The summed E-state index contributed by atoms with van der Waals surface area (Å²) in [5.41, 5.74) is 5.19. The van der Waals surface area contributed by atoms with E-state index in [9.17, 15) is 0 Å². The summed E-state index contributed by atoms with van der Waals surface area (Å²) in [7, 11) is 3.38. The number of benzene rings is 2. The van der Waals surface area contributed by atoms with Crippen molar-refractivity contribution < 1.29 is 14.2 Å². The first-order valence-corrected chi connectivity index (χ1v) is 7.90. The van der Waals surface area contributed by atoms with Crippen molar-refractivity contribution in [2.24, 2.45) is 0 Å². The third-order valence-electron chi connectivity index (χ3n) is 4.21. The molecule has 1 fully saturated rings. The fraction of sp³-hybridized carbons (Fsp3) is 0.300. The van der Waals surface area contributed by atoms with Crippen LogP contribution in [-0.2, 0) is 4.74 Å². The van der Waals surface area contributed by atoms with Crippen LogP contribution in [0.1, 0.15) is 24.0 Å². The summed E-state index contributed by atoms with van der Waals surface area (Å²) >= 11 is 0. The van der Waals surface area contributed by atoms with E-state index in [2.05, 4.69) is 24.3 Å². The van der Waals surface area contributed by atoms with Crippen LogP contribution in [0.4, 0.5) is 0 Å². The van der Waals surface area contributed by atoms with Gasteiger partial charge in [-0.05, 0) is 53.8 Å². The van der Waals surface area contributed by atoms with E-state index in [0.29, 0.717) is 0 Å². The molecular weight excluding hydrogens is 288 g/mol. The molecule has 2 aromatic rings. The second kappa shape index (κ2) is 7.34. The Bertz CT molecular complexity index is 612. The molecule has 0 atom stereocenters. The Balaban J connectivity index is 2.05. The molecular formula is C20H22O3. The van der Waals surface area contributed by atoms with Crippen LogP contribution < -0.4 is 9.47 Å². The van der Waals surface area contributed by atoms with E-state index < -0.39 is 0 Å². The average molecular weight is 310 g/mol. The number of rotatable bonds is 4. The molecule has 0 amide bonds. The highest BCUT2D eigenvalue weighted by atomic mass is 16.5. The van der Waals surface area contributed by atoms with Gasteiger partial charge in [-0.2, -0.15) is 0 Å². The van der Waals surface area contributed by atoms with Gasteiger partial charge in [0.25, 0.3) is 0 Å². The molecule has 3 nitrogen and oxygen atoms in total. The fourth-order valence-electron chi connectivity index (χ4n) is 2.96. The lowest BCUT2D eigenvalue weighted by molar-refractivity contribution is 0.119. The first-order chi connectivity index (χ1) is 11.3. The molecule has 0 radical (unpaired) electrons. The second-order valence-corrected chi connectivity index (χ2v) is 5.55. The number of ether oxygens (including phenoxy) is 3. The first-order valence-electron chi connectivity index (χ1n) is 7.90. The maximum atomic E-state index is 5.52. The molecule has 0 aliphatic carbocycles. The van der Waals surface area contributed by atoms with E-state index in [4.69, 9.17) is 14.2 Å². The van der Waals surface area contributed by atoms with Crippen molar-refractivity contribution in [1.82, 2.24) is 0 Å². The van der Waals surface area contributed by atoms with Gasteiger partial charge in [0.05, 0.1) is 27.4 Å². The standard InChI is InChI=1S/C20H22O3/c1-21-18-7-3-15(4-8-18)20(17-11-13-23-14-12-17)16-5-9-19(22-2)10-6-16/h3-10H,11-14H2,1-2H3. The zero-order chi connectivity index (χ0) is 16.1. The fourth-order valence-corrected chi connectivity index (χ4v) is 2.96. The van der Waals surface area contributed by atoms with Gasteiger partial charge in [-0.25, -0.2) is 0 Å². The summed E-state index contributed by atoms with van der Waals surface area (Å²) in [6, 6.07) is 16.6. The van der Waals surface area contributed by atoms with Gasteiger partial charge in [0.15, 0.2) is 0 Å². The Hall–Kier alpha value is -2.26. The van der Waals surface area contributed by atoms with E-state index in [1.54, 1.807) is 14.2 Å². The molecule has 0 unspecified atom stereocenters. The maximum Gasteiger partial charge on any atom is 0.118 e. The van der Waals surface area contributed by atoms with Gasteiger partial charge in [-0.3, -0.25) is 0 Å². The number of hydrogen-bond acceptors (Lipinski definition) is 3. The van der Waals surface area contributed by atoms with Gasteiger partial charge >= 0.3 is 0 Å². The average Bonchev–Trinajstić information content (AvgIpc) is 2.64. The van der Waals surface area contributed by atoms with Crippen LogP contribution in [0.25, 0.3) is 5.57 Å². The second-order valence-electron chi connectivity index (χ2n) is 5.55. The largest absolute Gasteiger partial charge is 0.497 e. The third kappa shape index (κ3) is 3.57. The molecule has 1 aliphatic heterocycles. The molecule has 0 spiro atoms. The van der Waals surface area contributed by atoms with Crippen molar-refractivity contribution in [1.29, 1.82) is 0 Å². The monoisotopic (exact) mass is 310 g/mol. The minimum absolute atomic E-state index is 0.797. The minimum atomic E-state index is 0.797. The lowest BCUT2D eigenvalue weighted by Crippen LogP contribution is -2.09. The molecule has 3 rings (SSSR count). The lowest BCUT2D eigenvalue weighted by atomic mass is 9.89. The minimum Gasteiger partial charge on any atom is -0.497 e. The van der Waals surface area contributed by atoms with Crippen molar-refractivity contribution in [3.8, 4) is 11.5 Å². The van der Waals surface area contributed by atoms with Crippen LogP contribution in [0.2, 0.25) is 0 Å². The lowest BCUT2D eigenvalue weighted by Gasteiger charge is -2.21. The predicted molar refractivity (Wildman–Crippen MR) is 92.1 cm³/mol. The quantitative estimate of drug-likeness (QED) is 0.842. The summed E-state index contributed by atoms with van der Waals surface area (Å²) in [6.45, 7) is 1.59. The van der Waals surface area contributed by atoms with Crippen molar-refractivity contribution >= 4 is 5.57 Å². The molecule has 1 heterocycles. The summed E-state index contributed by atoms with van der Waals surface area (Å²) < 4.78 is 16.1. The maximum absolute atomic E-state index is 5.52. The van der Waals surface area contributed by atoms with Gasteiger partial charge < -0.3 is 14.2 Å². The van der Waals surface area contributed by atoms with E-state index in [1.807, 2.05) is 24.3 Å². The first kappa shape index (κ1) is 15.6. The number of hydrogen-bond donors (Lipinski definition) is 0. The molecule has 0 saturated carbocycles. The topological polar surface area (TPSA) is 27.7 Å². The molecule has 0 bridgehead atoms. The summed E-state index contributed by atoms with van der Waals surface area (Å²) in [5, 5.41) is 0. The molecule has 1 aliphatic rings. The molecule has 0 N–H and O–H groups in total. The molecule has 0 aromatic heterocycles. The smallest absolute Gasteiger partial charge is 0.118 e. The Labute approximate surface area is 137 Å². The van der Waals surface area contributed by atoms with Gasteiger partial charge in [-0.1, -0.05) is 29.8 Å². The predicted octanol–water partition coefficient (Wildman–Crippen LogP) is 4.32. The summed E-state index contributed by atoms with van der Waals surface area (Å²) in [6.07, 6.45) is 1.96. The van der Waals surface area contributed by atoms with Gasteiger partial charge in [0.2, 0.25) is 0 Å². The van der Waals surface area contributed by atoms with Crippen LogP contribution in [-0.4, -0.2) is 27.4 Å². The van der Waals surface area contributed by atoms with Crippen molar-refractivity contribution in [3.63, 3.8) is 0 Å². The molecule has 120 valence electrons. The van der Waals surface area contributed by atoms with Crippen LogP contribution in [0.15, 0.2) is 54.1 Å². The zero-order valence-electron chi connectivity index (χ0n) is 13.7. The van der Waals surface area contributed by atoms with E-state index in [-0.39, 0.29) is 0 Å².